The van der Waals surface area contributed by atoms with Crippen LogP contribution < -0.4 is 4.72 Å². The van der Waals surface area contributed by atoms with Crippen LogP contribution in [0, 0.1) is 0 Å². The van der Waals surface area contributed by atoms with Crippen molar-refractivity contribution in [3.05, 3.63) is 47.2 Å². The summed E-state index contributed by atoms with van der Waals surface area (Å²) in [4.78, 5) is 10.9. The number of benzene rings is 1. The van der Waals surface area contributed by atoms with Crippen molar-refractivity contribution in [1.29, 1.82) is 0 Å². The standard InChI is InChI=1S/C12H15NO3S/c1-9(2)11(12(14)15)13-17(16)8-10-6-4-3-5-7-10/h3-7,13H,8H2,1-2H3,(H,14,15). The molecule has 17 heavy (non-hydrogen) atoms. The van der Waals surface area contributed by atoms with Gasteiger partial charge in [-0.25, -0.2) is 9.00 Å². The molecule has 4 nitrogen and oxygen atoms in total. The van der Waals surface area contributed by atoms with Gasteiger partial charge in [-0.2, -0.15) is 0 Å². The molecule has 0 heterocycles. The predicted molar refractivity (Wildman–Crippen MR) is 67.4 cm³/mol. The molecule has 5 heteroatoms. The molecule has 0 amide bonds. The summed E-state index contributed by atoms with van der Waals surface area (Å²) >= 11 is 0. The zero-order valence-corrected chi connectivity index (χ0v) is 10.6. The summed E-state index contributed by atoms with van der Waals surface area (Å²) in [5.41, 5.74) is 1.50. The van der Waals surface area contributed by atoms with Crippen molar-refractivity contribution < 1.29 is 14.1 Å². The number of aliphatic carboxylic acids is 1. The monoisotopic (exact) mass is 253 g/mol. The SMILES string of the molecule is CC(C)=C(NS(=O)Cc1ccccc1)C(=O)O. The normalized spacial score (nSPS) is 11.6. The van der Waals surface area contributed by atoms with Crippen LogP contribution in [0.25, 0.3) is 0 Å². The van der Waals surface area contributed by atoms with E-state index >= 15 is 0 Å². The Bertz CT molecular complexity index is 450. The van der Waals surface area contributed by atoms with Crippen molar-refractivity contribution >= 4 is 17.0 Å². The molecule has 1 aromatic carbocycles. The Morgan fingerprint density at radius 2 is 1.88 bits per heavy atom. The molecule has 0 aliphatic heterocycles. The smallest absolute Gasteiger partial charge is 0.352 e. The van der Waals surface area contributed by atoms with E-state index in [1.165, 1.54) is 0 Å². The number of nitrogens with one attached hydrogen (secondary N) is 1. The molecule has 0 aliphatic carbocycles. The number of rotatable bonds is 5. The molecule has 0 spiro atoms. The molecule has 1 atom stereocenters. The first kappa shape index (κ1) is 13.4. The van der Waals surface area contributed by atoms with Crippen LogP contribution in [0.5, 0.6) is 0 Å². The molecular weight excluding hydrogens is 238 g/mol. The van der Waals surface area contributed by atoms with Gasteiger partial charge in [0.1, 0.15) is 16.7 Å². The molecule has 0 saturated heterocycles. The summed E-state index contributed by atoms with van der Waals surface area (Å²) in [5, 5.41) is 8.90. The van der Waals surface area contributed by atoms with Crippen LogP contribution in [-0.4, -0.2) is 15.3 Å². The van der Waals surface area contributed by atoms with Crippen molar-refractivity contribution in [2.75, 3.05) is 0 Å². The van der Waals surface area contributed by atoms with Gasteiger partial charge in [-0.15, -0.1) is 0 Å². The lowest BCUT2D eigenvalue weighted by Crippen LogP contribution is -2.24. The maximum absolute atomic E-state index is 11.7. The van der Waals surface area contributed by atoms with Crippen LogP contribution in [0.3, 0.4) is 0 Å². The lowest BCUT2D eigenvalue weighted by molar-refractivity contribution is -0.132. The quantitative estimate of drug-likeness (QED) is 0.787. The van der Waals surface area contributed by atoms with Crippen LogP contribution in [0.15, 0.2) is 41.6 Å². The Balaban J connectivity index is 2.68. The highest BCUT2D eigenvalue weighted by Gasteiger charge is 2.12. The Hall–Kier alpha value is -1.62. The van der Waals surface area contributed by atoms with Gasteiger partial charge in [-0.3, -0.25) is 4.72 Å². The Morgan fingerprint density at radius 3 is 2.35 bits per heavy atom. The third kappa shape index (κ3) is 4.40. The molecule has 0 bridgehead atoms. The molecule has 0 fully saturated rings. The van der Waals surface area contributed by atoms with Gasteiger partial charge in [0.2, 0.25) is 0 Å². The molecular formula is C12H15NO3S. The maximum atomic E-state index is 11.7. The predicted octanol–water partition coefficient (Wildman–Crippen LogP) is 1.82. The number of allylic oxidation sites excluding steroid dienone is 1. The Labute approximate surface area is 103 Å². The lowest BCUT2D eigenvalue weighted by Gasteiger charge is -2.08. The number of hydrogen-bond donors (Lipinski definition) is 2. The molecule has 1 aromatic rings. The summed E-state index contributed by atoms with van der Waals surface area (Å²) < 4.78 is 14.3. The van der Waals surface area contributed by atoms with Gasteiger partial charge in [0.15, 0.2) is 0 Å². The second-order valence-electron chi connectivity index (χ2n) is 3.76. The second-order valence-corrected chi connectivity index (χ2v) is 4.94. The third-order valence-electron chi connectivity index (χ3n) is 2.07. The van der Waals surface area contributed by atoms with Crippen molar-refractivity contribution in [3.63, 3.8) is 0 Å². The molecule has 1 unspecified atom stereocenters. The van der Waals surface area contributed by atoms with Crippen molar-refractivity contribution in [1.82, 2.24) is 4.72 Å². The molecule has 0 saturated carbocycles. The molecule has 92 valence electrons. The van der Waals surface area contributed by atoms with E-state index < -0.39 is 17.0 Å². The average Bonchev–Trinajstić information content (AvgIpc) is 2.26. The minimum Gasteiger partial charge on any atom is -0.477 e. The van der Waals surface area contributed by atoms with E-state index in [0.29, 0.717) is 5.57 Å². The van der Waals surface area contributed by atoms with Crippen LogP contribution in [-0.2, 0) is 21.5 Å². The highest BCUT2D eigenvalue weighted by atomic mass is 32.2. The van der Waals surface area contributed by atoms with Gasteiger partial charge in [0, 0.05) is 0 Å². The molecule has 0 radical (unpaired) electrons. The molecule has 1 rings (SSSR count). The van der Waals surface area contributed by atoms with Crippen LogP contribution in [0.2, 0.25) is 0 Å². The van der Waals surface area contributed by atoms with Gasteiger partial charge < -0.3 is 5.11 Å². The summed E-state index contributed by atoms with van der Waals surface area (Å²) in [6.45, 7) is 3.33. The second kappa shape index (κ2) is 6.20. The number of carboxylic acid groups (broad SMARTS) is 1. The first-order valence-corrected chi connectivity index (χ1v) is 6.42. The molecule has 0 aliphatic rings. The van der Waals surface area contributed by atoms with E-state index in [-0.39, 0.29) is 11.4 Å². The fourth-order valence-electron chi connectivity index (χ4n) is 1.24. The van der Waals surface area contributed by atoms with E-state index in [1.54, 1.807) is 13.8 Å². The summed E-state index contributed by atoms with van der Waals surface area (Å²) in [6, 6.07) is 9.28. The van der Waals surface area contributed by atoms with Gasteiger partial charge in [0.05, 0.1) is 5.75 Å². The third-order valence-corrected chi connectivity index (χ3v) is 3.10. The van der Waals surface area contributed by atoms with E-state index in [2.05, 4.69) is 4.72 Å². The molecule has 2 N–H and O–H groups in total. The van der Waals surface area contributed by atoms with Crippen LogP contribution in [0.1, 0.15) is 19.4 Å². The Kier molecular flexibility index (Phi) is 4.90. The largest absolute Gasteiger partial charge is 0.477 e. The molecule has 0 aromatic heterocycles. The fraction of sp³-hybridized carbons (Fsp3) is 0.250. The lowest BCUT2D eigenvalue weighted by atomic mass is 10.2. The van der Waals surface area contributed by atoms with Crippen molar-refractivity contribution in [3.8, 4) is 0 Å². The summed E-state index contributed by atoms with van der Waals surface area (Å²) in [5.74, 6) is -0.809. The summed E-state index contributed by atoms with van der Waals surface area (Å²) in [6.07, 6.45) is 0. The summed E-state index contributed by atoms with van der Waals surface area (Å²) in [7, 11) is -1.43. The van der Waals surface area contributed by atoms with Crippen molar-refractivity contribution in [2.45, 2.75) is 19.6 Å². The number of carboxylic acids is 1. The zero-order valence-electron chi connectivity index (χ0n) is 9.77. The van der Waals surface area contributed by atoms with E-state index in [1.807, 2.05) is 30.3 Å². The highest BCUT2D eigenvalue weighted by molar-refractivity contribution is 7.82. The maximum Gasteiger partial charge on any atom is 0.352 e. The zero-order chi connectivity index (χ0) is 12.8. The van der Waals surface area contributed by atoms with Crippen molar-refractivity contribution in [2.24, 2.45) is 0 Å². The first-order valence-electron chi connectivity index (χ1n) is 5.10. The van der Waals surface area contributed by atoms with Gasteiger partial charge in [-0.05, 0) is 25.0 Å². The number of carbonyl (C=O) groups is 1. The Morgan fingerprint density at radius 1 is 1.29 bits per heavy atom. The van der Waals surface area contributed by atoms with E-state index in [4.69, 9.17) is 5.11 Å². The van der Waals surface area contributed by atoms with Gasteiger partial charge in [-0.1, -0.05) is 30.3 Å². The van der Waals surface area contributed by atoms with E-state index in [0.717, 1.165) is 5.56 Å². The van der Waals surface area contributed by atoms with Crippen LogP contribution >= 0.6 is 0 Å². The van der Waals surface area contributed by atoms with Crippen LogP contribution in [0.4, 0.5) is 0 Å². The highest BCUT2D eigenvalue weighted by Crippen LogP contribution is 2.05. The van der Waals surface area contributed by atoms with Gasteiger partial charge in [0.25, 0.3) is 0 Å². The minimum absolute atomic E-state index is 0.000681. The van der Waals surface area contributed by atoms with E-state index in [9.17, 15) is 9.00 Å². The first-order chi connectivity index (χ1) is 8.00. The fourth-order valence-corrected chi connectivity index (χ4v) is 2.32. The van der Waals surface area contributed by atoms with Gasteiger partial charge >= 0.3 is 5.97 Å². The minimum atomic E-state index is -1.43. The topological polar surface area (TPSA) is 66.4 Å². The average molecular weight is 253 g/mol. The number of hydrogen-bond acceptors (Lipinski definition) is 2.